The Bertz CT molecular complexity index is 1050. The van der Waals surface area contributed by atoms with Gasteiger partial charge < -0.3 is 10.1 Å². The molecule has 1 amide bonds. The lowest BCUT2D eigenvalue weighted by molar-refractivity contribution is -0.122. The lowest BCUT2D eigenvalue weighted by Gasteiger charge is -2.09. The number of aromatic nitrogens is 2. The summed E-state index contributed by atoms with van der Waals surface area (Å²) < 4.78 is 20.2. The van der Waals surface area contributed by atoms with E-state index in [0.29, 0.717) is 10.8 Å². The third-order valence-electron chi connectivity index (χ3n) is 4.02. The fourth-order valence-electron chi connectivity index (χ4n) is 2.53. The van der Waals surface area contributed by atoms with E-state index in [1.54, 1.807) is 30.3 Å². The Balaban J connectivity index is 1.73. The summed E-state index contributed by atoms with van der Waals surface area (Å²) in [4.78, 5) is 24.2. The highest BCUT2D eigenvalue weighted by atomic mass is 35.5. The first-order valence-electron chi connectivity index (χ1n) is 8.39. The van der Waals surface area contributed by atoms with Gasteiger partial charge in [0.25, 0.3) is 5.56 Å². The Labute approximate surface area is 165 Å². The third kappa shape index (κ3) is 4.75. The van der Waals surface area contributed by atoms with Crippen LogP contribution in [0.5, 0.6) is 5.75 Å². The molecule has 1 N–H and O–H groups in total. The highest BCUT2D eigenvalue weighted by molar-refractivity contribution is 6.30. The van der Waals surface area contributed by atoms with E-state index in [9.17, 15) is 14.0 Å². The van der Waals surface area contributed by atoms with Crippen LogP contribution in [0.3, 0.4) is 0 Å². The first-order chi connectivity index (χ1) is 13.5. The normalized spacial score (nSPS) is 10.5. The number of nitrogens with one attached hydrogen (secondary N) is 1. The van der Waals surface area contributed by atoms with Crippen LogP contribution in [0.25, 0.3) is 11.3 Å². The number of benzene rings is 2. The maximum Gasteiger partial charge on any atom is 0.267 e. The van der Waals surface area contributed by atoms with Crippen molar-refractivity contribution < 1.29 is 13.9 Å². The second-order valence-electron chi connectivity index (χ2n) is 5.96. The molecule has 0 atom stereocenters. The summed E-state index contributed by atoms with van der Waals surface area (Å²) in [5, 5.41) is 7.42. The molecule has 2 aromatic carbocycles. The van der Waals surface area contributed by atoms with Crippen LogP contribution in [-0.2, 0) is 17.9 Å². The van der Waals surface area contributed by atoms with Gasteiger partial charge in [0.2, 0.25) is 5.91 Å². The van der Waals surface area contributed by atoms with E-state index in [1.807, 2.05) is 0 Å². The molecule has 1 aromatic heterocycles. The Morgan fingerprint density at radius 2 is 1.93 bits per heavy atom. The van der Waals surface area contributed by atoms with Crippen molar-refractivity contribution >= 4 is 17.5 Å². The van der Waals surface area contributed by atoms with Crippen LogP contribution in [0.2, 0.25) is 5.02 Å². The van der Waals surface area contributed by atoms with Gasteiger partial charge >= 0.3 is 0 Å². The largest absolute Gasteiger partial charge is 0.497 e. The predicted octanol–water partition coefficient (Wildman–Crippen LogP) is 3.03. The molecule has 0 saturated heterocycles. The van der Waals surface area contributed by atoms with E-state index in [2.05, 4.69) is 10.4 Å². The molecule has 6 nitrogen and oxygen atoms in total. The van der Waals surface area contributed by atoms with Crippen LogP contribution in [0.1, 0.15) is 5.56 Å². The molecule has 0 spiro atoms. The van der Waals surface area contributed by atoms with Crippen LogP contribution in [0, 0.1) is 5.82 Å². The van der Waals surface area contributed by atoms with Crippen LogP contribution in [-0.4, -0.2) is 22.8 Å². The number of ether oxygens (including phenoxy) is 1. The van der Waals surface area contributed by atoms with Gasteiger partial charge in [-0.2, -0.15) is 5.10 Å². The SMILES string of the molecule is COc1ccc(-c2ccc(=O)n(CC(=O)NCc3ccc(Cl)cc3)n2)c(F)c1. The molecule has 0 radical (unpaired) electrons. The smallest absolute Gasteiger partial charge is 0.267 e. The quantitative estimate of drug-likeness (QED) is 0.689. The average Bonchev–Trinajstić information content (AvgIpc) is 2.69. The molecular weight excluding hydrogens is 385 g/mol. The minimum atomic E-state index is -0.538. The van der Waals surface area contributed by atoms with Crippen molar-refractivity contribution in [2.45, 2.75) is 13.1 Å². The van der Waals surface area contributed by atoms with Gasteiger partial charge in [0, 0.05) is 29.3 Å². The van der Waals surface area contributed by atoms with Crippen molar-refractivity contribution in [3.05, 3.63) is 81.4 Å². The van der Waals surface area contributed by atoms with Crippen molar-refractivity contribution in [1.82, 2.24) is 15.1 Å². The number of rotatable bonds is 6. The van der Waals surface area contributed by atoms with Crippen LogP contribution >= 0.6 is 11.6 Å². The summed E-state index contributed by atoms with van der Waals surface area (Å²) in [5.74, 6) is -0.558. The standard InChI is InChI=1S/C20H17ClFN3O3/c1-28-15-6-7-16(17(22)10-15)18-8-9-20(27)25(24-18)12-19(26)23-11-13-2-4-14(21)5-3-13/h2-10H,11-12H2,1H3,(H,23,26). The number of hydrogen-bond donors (Lipinski definition) is 1. The molecular formula is C20H17ClFN3O3. The average molecular weight is 402 g/mol. The van der Waals surface area contributed by atoms with Crippen molar-refractivity contribution in [3.63, 3.8) is 0 Å². The molecule has 8 heteroatoms. The molecule has 0 aliphatic carbocycles. The Morgan fingerprint density at radius 1 is 1.18 bits per heavy atom. The van der Waals surface area contributed by atoms with E-state index in [1.165, 1.54) is 31.4 Å². The van der Waals surface area contributed by atoms with Crippen molar-refractivity contribution in [2.75, 3.05) is 7.11 Å². The van der Waals surface area contributed by atoms with Gasteiger partial charge in [-0.15, -0.1) is 0 Å². The van der Waals surface area contributed by atoms with E-state index in [-0.39, 0.29) is 24.3 Å². The first-order valence-corrected chi connectivity index (χ1v) is 8.77. The molecule has 28 heavy (non-hydrogen) atoms. The summed E-state index contributed by atoms with van der Waals surface area (Å²) in [7, 11) is 1.44. The molecule has 3 aromatic rings. The summed E-state index contributed by atoms with van der Waals surface area (Å²) in [6.45, 7) is 0.00951. The number of carbonyl (C=O) groups excluding carboxylic acids is 1. The lowest BCUT2D eigenvalue weighted by atomic mass is 10.1. The fraction of sp³-hybridized carbons (Fsp3) is 0.150. The minimum Gasteiger partial charge on any atom is -0.497 e. The molecule has 144 valence electrons. The highest BCUT2D eigenvalue weighted by Gasteiger charge is 2.12. The number of halogens is 2. The molecule has 0 aliphatic rings. The maximum atomic E-state index is 14.3. The van der Waals surface area contributed by atoms with Crippen LogP contribution in [0.15, 0.2) is 59.4 Å². The van der Waals surface area contributed by atoms with E-state index in [4.69, 9.17) is 16.3 Å². The summed E-state index contributed by atoms with van der Waals surface area (Å²) in [6, 6.07) is 14.0. The molecule has 0 saturated carbocycles. The number of carbonyl (C=O) groups is 1. The van der Waals surface area contributed by atoms with Crippen LogP contribution < -0.4 is 15.6 Å². The molecule has 3 rings (SSSR count). The Morgan fingerprint density at radius 3 is 2.61 bits per heavy atom. The Hall–Kier alpha value is -3.19. The van der Waals surface area contributed by atoms with Crippen LogP contribution in [0.4, 0.5) is 4.39 Å². The van der Waals surface area contributed by atoms with E-state index >= 15 is 0 Å². The maximum absolute atomic E-state index is 14.3. The van der Waals surface area contributed by atoms with Gasteiger partial charge in [-0.1, -0.05) is 23.7 Å². The molecule has 0 unspecified atom stereocenters. The van der Waals surface area contributed by atoms with Crippen molar-refractivity contribution in [2.24, 2.45) is 0 Å². The Kier molecular flexibility index (Phi) is 6.06. The number of amides is 1. The summed E-state index contributed by atoms with van der Waals surface area (Å²) in [5.41, 5.74) is 0.854. The fourth-order valence-corrected chi connectivity index (χ4v) is 2.66. The number of nitrogens with zero attached hydrogens (tertiary/aromatic N) is 2. The molecule has 1 heterocycles. The van der Waals surface area contributed by atoms with Crippen molar-refractivity contribution in [3.8, 4) is 17.0 Å². The zero-order valence-electron chi connectivity index (χ0n) is 15.0. The van der Waals surface area contributed by atoms with Gasteiger partial charge in [-0.25, -0.2) is 9.07 Å². The monoisotopic (exact) mass is 401 g/mol. The molecule has 0 aliphatic heterocycles. The summed E-state index contributed by atoms with van der Waals surface area (Å²) in [6.07, 6.45) is 0. The van der Waals surface area contributed by atoms with E-state index in [0.717, 1.165) is 10.2 Å². The second-order valence-corrected chi connectivity index (χ2v) is 6.40. The minimum absolute atomic E-state index is 0.205. The topological polar surface area (TPSA) is 73.2 Å². The number of hydrogen-bond acceptors (Lipinski definition) is 4. The van der Waals surface area contributed by atoms with Gasteiger partial charge in [0.05, 0.1) is 12.8 Å². The van der Waals surface area contributed by atoms with Gasteiger partial charge in [0.15, 0.2) is 0 Å². The second kappa shape index (κ2) is 8.67. The highest BCUT2D eigenvalue weighted by Crippen LogP contribution is 2.23. The van der Waals surface area contributed by atoms with Gasteiger partial charge in [-0.3, -0.25) is 9.59 Å². The van der Waals surface area contributed by atoms with E-state index < -0.39 is 17.3 Å². The van der Waals surface area contributed by atoms with Crippen molar-refractivity contribution in [1.29, 1.82) is 0 Å². The molecule has 0 fully saturated rings. The summed E-state index contributed by atoms with van der Waals surface area (Å²) >= 11 is 5.83. The van der Waals surface area contributed by atoms with Gasteiger partial charge in [-0.05, 0) is 35.9 Å². The first kappa shape index (κ1) is 19.6. The predicted molar refractivity (Wildman–Crippen MR) is 104 cm³/mol. The number of methoxy groups -OCH3 is 1. The third-order valence-corrected chi connectivity index (χ3v) is 4.27. The zero-order chi connectivity index (χ0) is 20.1. The van der Waals surface area contributed by atoms with Gasteiger partial charge in [0.1, 0.15) is 18.1 Å². The molecule has 0 bridgehead atoms. The zero-order valence-corrected chi connectivity index (χ0v) is 15.7. The lowest BCUT2D eigenvalue weighted by Crippen LogP contribution is -2.33.